The van der Waals surface area contributed by atoms with Gasteiger partial charge in [-0.2, -0.15) is 5.10 Å². The van der Waals surface area contributed by atoms with Crippen LogP contribution in [0, 0.1) is 6.92 Å². The van der Waals surface area contributed by atoms with Crippen LogP contribution in [0.2, 0.25) is 0 Å². The van der Waals surface area contributed by atoms with Gasteiger partial charge in [-0.25, -0.2) is 0 Å². The van der Waals surface area contributed by atoms with E-state index < -0.39 is 0 Å². The molecule has 2 aliphatic heterocycles. The maximum absolute atomic E-state index is 12.9. The molecule has 0 aliphatic carbocycles. The zero-order valence-corrected chi connectivity index (χ0v) is 16.6. The summed E-state index contributed by atoms with van der Waals surface area (Å²) in [5.41, 5.74) is 4.74. The lowest BCUT2D eigenvalue weighted by atomic mass is 9.89. The first-order valence-electron chi connectivity index (χ1n) is 10.2. The van der Waals surface area contributed by atoms with E-state index in [-0.39, 0.29) is 17.9 Å². The molecule has 2 fully saturated rings. The number of likely N-dealkylation sites (tertiary alicyclic amines) is 2. The molecule has 1 aromatic carbocycles. The molecule has 0 saturated carbocycles. The van der Waals surface area contributed by atoms with Gasteiger partial charge in [0.15, 0.2) is 0 Å². The van der Waals surface area contributed by atoms with Crippen LogP contribution in [-0.4, -0.2) is 57.5 Å². The Balaban J connectivity index is 1.42. The number of amides is 2. The Morgan fingerprint density at radius 3 is 2.71 bits per heavy atom. The van der Waals surface area contributed by atoms with Crippen molar-refractivity contribution in [3.05, 3.63) is 41.7 Å². The molecule has 2 saturated heterocycles. The van der Waals surface area contributed by atoms with Gasteiger partial charge in [0.2, 0.25) is 11.8 Å². The van der Waals surface area contributed by atoms with Crippen molar-refractivity contribution in [3.63, 3.8) is 0 Å². The number of aromatic amines is 1. The molecule has 148 valence electrons. The van der Waals surface area contributed by atoms with Crippen LogP contribution in [0.25, 0.3) is 11.1 Å². The second kappa shape index (κ2) is 7.78. The third kappa shape index (κ3) is 3.55. The summed E-state index contributed by atoms with van der Waals surface area (Å²) in [5, 5.41) is 7.50. The van der Waals surface area contributed by atoms with E-state index in [0.717, 1.165) is 37.9 Å². The number of H-pyrrole nitrogens is 1. The molecule has 0 bridgehead atoms. The Morgan fingerprint density at radius 2 is 2.04 bits per heavy atom. The number of carbonyl (C=O) groups is 2. The molecule has 6 nitrogen and oxygen atoms in total. The molecule has 3 heterocycles. The van der Waals surface area contributed by atoms with E-state index in [1.54, 1.807) is 4.90 Å². The Hall–Kier alpha value is -2.63. The minimum absolute atomic E-state index is 0.0808. The monoisotopic (exact) mass is 380 g/mol. The number of nitrogens with zero attached hydrogens (tertiary/aromatic N) is 3. The van der Waals surface area contributed by atoms with Crippen LogP contribution in [0.15, 0.2) is 30.5 Å². The fourth-order valence-corrected chi connectivity index (χ4v) is 4.51. The Morgan fingerprint density at radius 1 is 1.25 bits per heavy atom. The normalized spacial score (nSPS) is 19.3. The van der Waals surface area contributed by atoms with Gasteiger partial charge in [-0.3, -0.25) is 14.7 Å². The number of aromatic nitrogens is 2. The van der Waals surface area contributed by atoms with E-state index in [0.29, 0.717) is 18.9 Å². The highest BCUT2D eigenvalue weighted by Gasteiger charge is 2.34. The molecular formula is C22H28N4O2. The average Bonchev–Trinajstić information content (AvgIpc) is 3.36. The third-order valence-electron chi connectivity index (χ3n) is 6.15. The molecule has 2 aliphatic rings. The summed E-state index contributed by atoms with van der Waals surface area (Å²) in [5.74, 6) is 0.555. The number of carbonyl (C=O) groups excluding carboxylic acids is 2. The fourth-order valence-electron chi connectivity index (χ4n) is 4.51. The third-order valence-corrected chi connectivity index (χ3v) is 6.15. The number of aryl methyl sites for hydroxylation is 1. The molecule has 1 atom stereocenters. The molecule has 0 spiro atoms. The van der Waals surface area contributed by atoms with Crippen molar-refractivity contribution in [2.24, 2.45) is 0 Å². The molecule has 1 N–H and O–H groups in total. The topological polar surface area (TPSA) is 69.3 Å². The number of rotatable bonds is 4. The van der Waals surface area contributed by atoms with Crippen molar-refractivity contribution in [3.8, 4) is 11.1 Å². The number of hydrogen-bond acceptors (Lipinski definition) is 3. The van der Waals surface area contributed by atoms with Crippen LogP contribution in [0.5, 0.6) is 0 Å². The number of hydrogen-bond donors (Lipinski definition) is 1. The highest BCUT2D eigenvalue weighted by molar-refractivity contribution is 5.88. The molecule has 1 aromatic heterocycles. The second-order valence-electron chi connectivity index (χ2n) is 8.03. The first-order chi connectivity index (χ1) is 13.5. The SMILES string of the molecule is Cc1cccc(-c2cn[nH]c2C2CCN(C(=O)[C@H](C)N3CCCC3=O)CC2)c1. The van der Waals surface area contributed by atoms with Crippen molar-refractivity contribution >= 4 is 11.8 Å². The van der Waals surface area contributed by atoms with E-state index in [9.17, 15) is 9.59 Å². The van der Waals surface area contributed by atoms with Gasteiger partial charge in [-0.05, 0) is 38.7 Å². The molecule has 4 rings (SSSR count). The Bertz CT molecular complexity index is 867. The molecular weight excluding hydrogens is 352 g/mol. The van der Waals surface area contributed by atoms with E-state index in [1.165, 1.54) is 16.8 Å². The molecule has 2 amide bonds. The zero-order valence-electron chi connectivity index (χ0n) is 16.6. The lowest BCUT2D eigenvalue weighted by Crippen LogP contribution is -2.49. The van der Waals surface area contributed by atoms with E-state index in [2.05, 4.69) is 41.4 Å². The van der Waals surface area contributed by atoms with Gasteiger partial charge in [-0.1, -0.05) is 29.8 Å². The average molecular weight is 380 g/mol. The van der Waals surface area contributed by atoms with Crippen LogP contribution >= 0.6 is 0 Å². The fraction of sp³-hybridized carbons (Fsp3) is 0.500. The van der Waals surface area contributed by atoms with Crippen LogP contribution in [0.1, 0.15) is 49.8 Å². The highest BCUT2D eigenvalue weighted by Crippen LogP contribution is 2.34. The van der Waals surface area contributed by atoms with E-state index in [1.807, 2.05) is 18.0 Å². The van der Waals surface area contributed by atoms with Crippen LogP contribution in [-0.2, 0) is 9.59 Å². The Kier molecular flexibility index (Phi) is 5.20. The summed E-state index contributed by atoms with van der Waals surface area (Å²) in [6.45, 7) is 6.11. The maximum atomic E-state index is 12.9. The van der Waals surface area contributed by atoms with Crippen molar-refractivity contribution in [2.45, 2.75) is 51.5 Å². The summed E-state index contributed by atoms with van der Waals surface area (Å²) in [4.78, 5) is 28.5. The Labute approximate surface area is 165 Å². The minimum Gasteiger partial charge on any atom is -0.341 e. The van der Waals surface area contributed by atoms with Gasteiger partial charge < -0.3 is 9.80 Å². The van der Waals surface area contributed by atoms with Gasteiger partial charge in [0, 0.05) is 43.2 Å². The number of nitrogens with one attached hydrogen (secondary N) is 1. The predicted octanol–water partition coefficient (Wildman–Crippen LogP) is 3.10. The minimum atomic E-state index is -0.346. The van der Waals surface area contributed by atoms with Gasteiger partial charge >= 0.3 is 0 Å². The van der Waals surface area contributed by atoms with Gasteiger partial charge in [-0.15, -0.1) is 0 Å². The van der Waals surface area contributed by atoms with E-state index in [4.69, 9.17) is 0 Å². The standard InChI is InChI=1S/C22H28N4O2/c1-15-5-3-6-18(13-15)19-14-23-24-21(19)17-8-11-25(12-9-17)22(28)16(2)26-10-4-7-20(26)27/h3,5-6,13-14,16-17H,4,7-12H2,1-2H3,(H,23,24)/t16-/m0/s1. The largest absolute Gasteiger partial charge is 0.341 e. The molecule has 0 radical (unpaired) electrons. The van der Waals surface area contributed by atoms with Crippen LogP contribution in [0.3, 0.4) is 0 Å². The lowest BCUT2D eigenvalue weighted by molar-refractivity contribution is -0.143. The van der Waals surface area contributed by atoms with Gasteiger partial charge in [0.25, 0.3) is 0 Å². The summed E-state index contributed by atoms with van der Waals surface area (Å²) in [6.07, 6.45) is 5.16. The lowest BCUT2D eigenvalue weighted by Gasteiger charge is -2.35. The van der Waals surface area contributed by atoms with Crippen molar-refractivity contribution < 1.29 is 9.59 Å². The maximum Gasteiger partial charge on any atom is 0.245 e. The summed E-state index contributed by atoms with van der Waals surface area (Å²) in [7, 11) is 0. The van der Waals surface area contributed by atoms with Gasteiger partial charge in [0.1, 0.15) is 6.04 Å². The molecule has 0 unspecified atom stereocenters. The molecule has 2 aromatic rings. The van der Waals surface area contributed by atoms with Crippen molar-refractivity contribution in [2.75, 3.05) is 19.6 Å². The molecule has 6 heteroatoms. The number of piperidine rings is 1. The quantitative estimate of drug-likeness (QED) is 0.886. The van der Waals surface area contributed by atoms with E-state index >= 15 is 0 Å². The first kappa shape index (κ1) is 18.7. The highest BCUT2D eigenvalue weighted by atomic mass is 16.2. The summed E-state index contributed by atoms with van der Waals surface area (Å²) < 4.78 is 0. The summed E-state index contributed by atoms with van der Waals surface area (Å²) >= 11 is 0. The smallest absolute Gasteiger partial charge is 0.245 e. The van der Waals surface area contributed by atoms with Crippen molar-refractivity contribution in [1.29, 1.82) is 0 Å². The van der Waals surface area contributed by atoms with Crippen LogP contribution in [0.4, 0.5) is 0 Å². The predicted molar refractivity (Wildman–Crippen MR) is 108 cm³/mol. The van der Waals surface area contributed by atoms with Gasteiger partial charge in [0.05, 0.1) is 6.20 Å². The summed E-state index contributed by atoms with van der Waals surface area (Å²) in [6, 6.07) is 8.13. The second-order valence-corrected chi connectivity index (χ2v) is 8.03. The zero-order chi connectivity index (χ0) is 19.7. The number of benzene rings is 1. The molecule has 28 heavy (non-hydrogen) atoms. The van der Waals surface area contributed by atoms with Crippen molar-refractivity contribution in [1.82, 2.24) is 20.0 Å². The van der Waals surface area contributed by atoms with Crippen LogP contribution < -0.4 is 0 Å². The first-order valence-corrected chi connectivity index (χ1v) is 10.2.